The molecule has 0 amide bonds. The summed E-state index contributed by atoms with van der Waals surface area (Å²) in [5.41, 5.74) is 3.73. The van der Waals surface area contributed by atoms with Gasteiger partial charge in [0.25, 0.3) is 0 Å². The highest BCUT2D eigenvalue weighted by Gasteiger charge is 2.38. The second-order valence-corrected chi connectivity index (χ2v) is 10.2. The molecule has 0 spiro atoms. The summed E-state index contributed by atoms with van der Waals surface area (Å²) in [5.74, 6) is 1.14. The van der Waals surface area contributed by atoms with E-state index in [1.807, 2.05) is 50.1 Å². The third-order valence-corrected chi connectivity index (χ3v) is 7.08. The van der Waals surface area contributed by atoms with Crippen LogP contribution in [0, 0.1) is 13.8 Å². The van der Waals surface area contributed by atoms with Gasteiger partial charge < -0.3 is 25.0 Å². The molecule has 1 aliphatic carbocycles. The first-order chi connectivity index (χ1) is 19.5. The van der Waals surface area contributed by atoms with Crippen molar-refractivity contribution in [3.8, 4) is 5.75 Å². The number of anilines is 2. The molecule has 4 aromatic rings. The van der Waals surface area contributed by atoms with Crippen LogP contribution in [0.25, 0.3) is 11.0 Å². The summed E-state index contributed by atoms with van der Waals surface area (Å²) < 4.78 is 39.8. The number of carboxylic acid groups (broad SMARTS) is 1. The second-order valence-electron chi connectivity index (χ2n) is 10.2. The highest BCUT2D eigenvalue weighted by atomic mass is 19.4. The summed E-state index contributed by atoms with van der Waals surface area (Å²) in [7, 11) is 1.95. The van der Waals surface area contributed by atoms with Crippen LogP contribution in [0.5, 0.6) is 5.75 Å². The number of fused-ring (bicyclic) bond motifs is 1. The first-order valence-corrected chi connectivity index (χ1v) is 13.1. The molecule has 1 saturated carbocycles. The lowest BCUT2D eigenvalue weighted by Crippen LogP contribution is -2.35. The minimum absolute atomic E-state index is 0.0795. The molecular formula is C26H30F3N9O3. The summed E-state index contributed by atoms with van der Waals surface area (Å²) >= 11 is 0. The van der Waals surface area contributed by atoms with Crippen molar-refractivity contribution in [1.82, 2.24) is 34.7 Å². The van der Waals surface area contributed by atoms with Crippen LogP contribution in [-0.2, 0) is 11.8 Å². The summed E-state index contributed by atoms with van der Waals surface area (Å²) in [6.45, 7) is 5.56. The van der Waals surface area contributed by atoms with Crippen molar-refractivity contribution >= 4 is 28.8 Å². The lowest BCUT2D eigenvalue weighted by molar-refractivity contribution is -0.192. The number of carbonyl (C=O) groups is 1. The zero-order chi connectivity index (χ0) is 29.3. The Balaban J connectivity index is 0.000000431. The lowest BCUT2D eigenvalue weighted by atomic mass is 9.80. The Kier molecular flexibility index (Phi) is 7.69. The summed E-state index contributed by atoms with van der Waals surface area (Å²) in [5, 5.41) is 15.4. The lowest BCUT2D eigenvalue weighted by Gasteiger charge is -2.35. The topological polar surface area (TPSA) is 147 Å². The molecule has 0 radical (unpaired) electrons. The van der Waals surface area contributed by atoms with E-state index in [-0.39, 0.29) is 6.10 Å². The highest BCUT2D eigenvalue weighted by Crippen LogP contribution is 2.38. The van der Waals surface area contributed by atoms with Crippen molar-refractivity contribution in [2.75, 3.05) is 23.3 Å². The maximum Gasteiger partial charge on any atom is 0.490 e. The fourth-order valence-electron chi connectivity index (χ4n) is 4.94. The molecule has 41 heavy (non-hydrogen) atoms. The molecule has 15 heteroatoms. The number of halogens is 3. The van der Waals surface area contributed by atoms with Gasteiger partial charge in [-0.3, -0.25) is 9.67 Å². The molecule has 1 unspecified atom stereocenters. The average Bonchev–Trinajstić information content (AvgIpc) is 3.64. The van der Waals surface area contributed by atoms with E-state index in [1.165, 1.54) is 0 Å². The Morgan fingerprint density at radius 3 is 2.59 bits per heavy atom. The van der Waals surface area contributed by atoms with Crippen molar-refractivity contribution < 1.29 is 27.8 Å². The minimum Gasteiger partial charge on any atom is -0.487 e. The van der Waals surface area contributed by atoms with Gasteiger partial charge in [-0.25, -0.2) is 14.8 Å². The van der Waals surface area contributed by atoms with Crippen molar-refractivity contribution in [2.24, 2.45) is 7.05 Å². The summed E-state index contributed by atoms with van der Waals surface area (Å²) in [4.78, 5) is 33.0. The highest BCUT2D eigenvalue weighted by molar-refractivity contribution is 5.89. The first-order valence-electron chi connectivity index (χ1n) is 13.1. The Morgan fingerprint density at radius 1 is 1.20 bits per heavy atom. The van der Waals surface area contributed by atoms with Gasteiger partial charge in [0, 0.05) is 50.1 Å². The standard InChI is InChI=1S/C24H29N9O.C2HF3O2/c1-14-4-5-18(12-27-14)34-19-6-9-33(13-19)24-29-20-15(2)31-32(3)21(20)23(30-24)28-17-10-16(11-17)22-25-7-8-26-22;3-2(4,5)1(6)7/h4-5,7-8,12,16-17,19H,6,9-11,13H2,1-3H3,(H,25,26)(H,28,29,30);(H,6,7). The molecule has 4 aromatic heterocycles. The van der Waals surface area contributed by atoms with Crippen molar-refractivity contribution in [3.63, 3.8) is 0 Å². The van der Waals surface area contributed by atoms with Crippen molar-refractivity contribution in [1.29, 1.82) is 0 Å². The molecule has 1 atom stereocenters. The number of nitrogens with zero attached hydrogens (tertiary/aromatic N) is 7. The van der Waals surface area contributed by atoms with E-state index < -0.39 is 12.1 Å². The number of nitrogens with one attached hydrogen (secondary N) is 2. The maximum atomic E-state index is 10.6. The van der Waals surface area contributed by atoms with Crippen LogP contribution in [0.15, 0.2) is 30.7 Å². The van der Waals surface area contributed by atoms with Crippen LogP contribution in [0.1, 0.15) is 42.4 Å². The van der Waals surface area contributed by atoms with Gasteiger partial charge in [-0.15, -0.1) is 0 Å². The molecule has 0 bridgehead atoms. The molecule has 2 aliphatic rings. The number of imidazole rings is 1. The van der Waals surface area contributed by atoms with Crippen LogP contribution in [0.3, 0.4) is 0 Å². The number of aliphatic carboxylic acids is 1. The van der Waals surface area contributed by atoms with E-state index in [0.717, 1.165) is 78.1 Å². The van der Waals surface area contributed by atoms with Crippen LogP contribution in [-0.4, -0.2) is 77.2 Å². The molecule has 2 fully saturated rings. The van der Waals surface area contributed by atoms with Gasteiger partial charge in [0.05, 0.1) is 18.4 Å². The predicted molar refractivity (Wildman–Crippen MR) is 143 cm³/mol. The minimum atomic E-state index is -5.08. The predicted octanol–water partition coefficient (Wildman–Crippen LogP) is 3.75. The Morgan fingerprint density at radius 2 is 1.95 bits per heavy atom. The zero-order valence-electron chi connectivity index (χ0n) is 22.7. The molecule has 1 aliphatic heterocycles. The normalized spacial score (nSPS) is 20.3. The van der Waals surface area contributed by atoms with E-state index in [1.54, 1.807) is 6.20 Å². The van der Waals surface area contributed by atoms with Gasteiger partial charge in [0.2, 0.25) is 5.95 Å². The van der Waals surface area contributed by atoms with Crippen LogP contribution in [0.2, 0.25) is 0 Å². The molecular weight excluding hydrogens is 543 g/mol. The quantitative estimate of drug-likeness (QED) is 0.312. The Bertz CT molecular complexity index is 1500. The fraction of sp³-hybridized carbons (Fsp3) is 0.462. The Labute approximate surface area is 233 Å². The van der Waals surface area contributed by atoms with E-state index in [2.05, 4.69) is 30.3 Å². The van der Waals surface area contributed by atoms with E-state index in [4.69, 9.17) is 24.6 Å². The number of hydrogen-bond donors (Lipinski definition) is 3. The van der Waals surface area contributed by atoms with Gasteiger partial charge in [-0.1, -0.05) is 0 Å². The monoisotopic (exact) mass is 573 g/mol. The summed E-state index contributed by atoms with van der Waals surface area (Å²) in [6.07, 6.45) is 3.45. The number of aromatic amines is 1. The van der Waals surface area contributed by atoms with Gasteiger partial charge in [-0.2, -0.15) is 23.3 Å². The molecule has 1 saturated heterocycles. The van der Waals surface area contributed by atoms with Crippen molar-refractivity contribution in [2.45, 2.75) is 57.3 Å². The number of alkyl halides is 3. The van der Waals surface area contributed by atoms with Gasteiger partial charge >= 0.3 is 12.1 Å². The van der Waals surface area contributed by atoms with Gasteiger partial charge in [-0.05, 0) is 38.8 Å². The van der Waals surface area contributed by atoms with Crippen LogP contribution >= 0.6 is 0 Å². The summed E-state index contributed by atoms with van der Waals surface area (Å²) in [6, 6.07) is 4.29. The van der Waals surface area contributed by atoms with E-state index >= 15 is 0 Å². The third-order valence-electron chi connectivity index (χ3n) is 7.08. The smallest absolute Gasteiger partial charge is 0.487 e. The number of rotatable bonds is 6. The molecule has 218 valence electrons. The van der Waals surface area contributed by atoms with Gasteiger partial charge in [0.15, 0.2) is 5.82 Å². The zero-order valence-corrected chi connectivity index (χ0v) is 22.7. The first kappa shape index (κ1) is 28.1. The fourth-order valence-corrected chi connectivity index (χ4v) is 4.94. The molecule has 3 N–H and O–H groups in total. The molecule has 5 heterocycles. The number of aryl methyl sites for hydroxylation is 3. The largest absolute Gasteiger partial charge is 0.490 e. The third kappa shape index (κ3) is 6.33. The average molecular weight is 574 g/mol. The number of ether oxygens (including phenoxy) is 1. The number of hydrogen-bond acceptors (Lipinski definition) is 9. The number of aromatic nitrogens is 7. The van der Waals surface area contributed by atoms with Crippen LogP contribution < -0.4 is 15.0 Å². The number of pyridine rings is 1. The Hall–Kier alpha value is -4.43. The number of H-pyrrole nitrogens is 1. The maximum absolute atomic E-state index is 10.6. The van der Waals surface area contributed by atoms with Gasteiger partial charge in [0.1, 0.15) is 28.7 Å². The molecule has 12 nitrogen and oxygen atoms in total. The molecule has 6 rings (SSSR count). The number of carboxylic acids is 1. The van der Waals surface area contributed by atoms with E-state index in [9.17, 15) is 13.2 Å². The van der Waals surface area contributed by atoms with E-state index in [0.29, 0.717) is 12.0 Å². The molecule has 0 aromatic carbocycles. The SMILES string of the molecule is Cc1ccc(OC2CCN(c3nc(NC4CC(c5ncc[nH]5)C4)c4c(n3)c(C)nn4C)C2)cn1.O=C(O)C(F)(F)F. The van der Waals surface area contributed by atoms with Crippen molar-refractivity contribution in [3.05, 3.63) is 47.9 Å². The second kappa shape index (κ2) is 11.2. The van der Waals surface area contributed by atoms with Crippen LogP contribution in [0.4, 0.5) is 24.9 Å².